The van der Waals surface area contributed by atoms with Gasteiger partial charge in [-0.05, 0) is 12.1 Å². The first-order valence-corrected chi connectivity index (χ1v) is 4.17. The van der Waals surface area contributed by atoms with E-state index in [0.717, 1.165) is 13.2 Å². The van der Waals surface area contributed by atoms with Crippen molar-refractivity contribution in [2.24, 2.45) is 4.99 Å². The summed E-state index contributed by atoms with van der Waals surface area (Å²) in [6, 6.07) is 2.12. The highest BCUT2D eigenvalue weighted by atomic mass is 19.1. The zero-order valence-corrected chi connectivity index (χ0v) is 8.61. The topological polar surface area (TPSA) is 65.0 Å². The molecule has 16 heavy (non-hydrogen) atoms. The molecule has 1 aromatic carbocycles. The molecule has 5 nitrogen and oxygen atoms in total. The first kappa shape index (κ1) is 11.9. The highest BCUT2D eigenvalue weighted by Gasteiger charge is 2.15. The maximum Gasteiger partial charge on any atom is 0.338 e. The fraction of sp³-hybridized carbons (Fsp3) is 0.200. The molecular weight excluding hydrogens is 217 g/mol. The minimum Gasteiger partial charge on any atom is -0.491 e. The minimum atomic E-state index is -0.806. The van der Waals surface area contributed by atoms with Gasteiger partial charge in [-0.2, -0.15) is 4.99 Å². The third-order valence-electron chi connectivity index (χ3n) is 1.82. The molecule has 0 saturated carbocycles. The molecule has 0 bridgehead atoms. The second-order valence-electron chi connectivity index (χ2n) is 2.71. The van der Waals surface area contributed by atoms with Crippen molar-refractivity contribution in [1.29, 1.82) is 0 Å². The van der Waals surface area contributed by atoms with Crippen molar-refractivity contribution in [3.63, 3.8) is 0 Å². The zero-order chi connectivity index (χ0) is 12.1. The molecule has 0 atom stereocenters. The maximum atomic E-state index is 13.4. The molecule has 0 N–H and O–H groups in total. The molecule has 0 aliphatic carbocycles. The lowest BCUT2D eigenvalue weighted by Gasteiger charge is -2.06. The van der Waals surface area contributed by atoms with Crippen molar-refractivity contribution in [2.45, 2.75) is 0 Å². The number of benzene rings is 1. The van der Waals surface area contributed by atoms with Crippen molar-refractivity contribution < 1.29 is 23.5 Å². The maximum absolute atomic E-state index is 13.4. The summed E-state index contributed by atoms with van der Waals surface area (Å²) in [5.74, 6) is -1.76. The summed E-state index contributed by atoms with van der Waals surface area (Å²) < 4.78 is 22.5. The largest absolute Gasteiger partial charge is 0.491 e. The van der Waals surface area contributed by atoms with Gasteiger partial charge >= 0.3 is 5.97 Å². The SMILES string of the molecule is COC(=O)c1cc(F)c(OC)c(N=C=O)c1. The number of esters is 1. The van der Waals surface area contributed by atoms with E-state index in [1.165, 1.54) is 19.3 Å². The van der Waals surface area contributed by atoms with Crippen LogP contribution in [0.5, 0.6) is 5.75 Å². The molecule has 0 aromatic heterocycles. The number of halogens is 1. The van der Waals surface area contributed by atoms with E-state index in [9.17, 15) is 14.0 Å². The number of rotatable bonds is 3. The molecule has 1 rings (SSSR count). The van der Waals surface area contributed by atoms with Gasteiger partial charge in [0.1, 0.15) is 5.69 Å². The van der Waals surface area contributed by atoms with Gasteiger partial charge in [0.2, 0.25) is 6.08 Å². The Hall–Kier alpha value is -2.20. The normalized spacial score (nSPS) is 9.19. The number of nitrogens with zero attached hydrogens (tertiary/aromatic N) is 1. The number of isocyanates is 1. The molecule has 0 saturated heterocycles. The highest BCUT2D eigenvalue weighted by molar-refractivity contribution is 5.91. The Morgan fingerprint density at radius 2 is 2.12 bits per heavy atom. The van der Waals surface area contributed by atoms with Crippen molar-refractivity contribution >= 4 is 17.7 Å². The first-order chi connectivity index (χ1) is 7.63. The van der Waals surface area contributed by atoms with Gasteiger partial charge in [0, 0.05) is 0 Å². The van der Waals surface area contributed by atoms with E-state index < -0.39 is 11.8 Å². The standard InChI is InChI=1S/C10H8FNO4/c1-15-9-7(11)3-6(10(14)16-2)4-8(9)12-5-13/h3-4H,1-2H3. The Balaban J connectivity index is 3.38. The van der Waals surface area contributed by atoms with Crippen LogP contribution in [0.15, 0.2) is 17.1 Å². The lowest BCUT2D eigenvalue weighted by atomic mass is 10.2. The minimum absolute atomic E-state index is 0.0604. The van der Waals surface area contributed by atoms with Crippen LogP contribution in [0.25, 0.3) is 0 Å². The van der Waals surface area contributed by atoms with E-state index in [0.29, 0.717) is 0 Å². The van der Waals surface area contributed by atoms with Crippen LogP contribution in [-0.4, -0.2) is 26.3 Å². The Bertz CT molecular complexity index is 466. The number of hydrogen-bond donors (Lipinski definition) is 0. The molecule has 0 amide bonds. The molecule has 0 aliphatic rings. The van der Waals surface area contributed by atoms with Crippen LogP contribution >= 0.6 is 0 Å². The highest BCUT2D eigenvalue weighted by Crippen LogP contribution is 2.31. The fourth-order valence-corrected chi connectivity index (χ4v) is 1.15. The summed E-state index contributed by atoms with van der Waals surface area (Å²) in [6.45, 7) is 0. The summed E-state index contributed by atoms with van der Waals surface area (Å²) in [4.78, 5) is 24.5. The Morgan fingerprint density at radius 3 is 2.62 bits per heavy atom. The lowest BCUT2D eigenvalue weighted by molar-refractivity contribution is 0.0600. The smallest absolute Gasteiger partial charge is 0.338 e. The van der Waals surface area contributed by atoms with E-state index in [1.54, 1.807) is 0 Å². The van der Waals surface area contributed by atoms with Gasteiger partial charge in [-0.15, -0.1) is 0 Å². The molecule has 0 unspecified atom stereocenters. The molecular formula is C10H8FNO4. The molecule has 0 spiro atoms. The van der Waals surface area contributed by atoms with E-state index in [-0.39, 0.29) is 17.0 Å². The number of carbonyl (C=O) groups excluding carboxylic acids is 2. The summed E-state index contributed by atoms with van der Waals surface area (Å²) in [6.07, 6.45) is 1.25. The molecule has 0 aliphatic heterocycles. The predicted octanol–water partition coefficient (Wildman–Crippen LogP) is 1.59. The third kappa shape index (κ3) is 2.24. The summed E-state index contributed by atoms with van der Waals surface area (Å²) >= 11 is 0. The summed E-state index contributed by atoms with van der Waals surface area (Å²) in [5, 5.41) is 0. The van der Waals surface area contributed by atoms with Crippen LogP contribution in [-0.2, 0) is 9.53 Å². The fourth-order valence-electron chi connectivity index (χ4n) is 1.15. The third-order valence-corrected chi connectivity index (χ3v) is 1.82. The van der Waals surface area contributed by atoms with Crippen molar-refractivity contribution in [3.05, 3.63) is 23.5 Å². The zero-order valence-electron chi connectivity index (χ0n) is 8.61. The molecule has 0 heterocycles. The Kier molecular flexibility index (Phi) is 3.74. The summed E-state index contributed by atoms with van der Waals surface area (Å²) in [7, 11) is 2.38. The Morgan fingerprint density at radius 1 is 1.44 bits per heavy atom. The van der Waals surface area contributed by atoms with Crippen LogP contribution in [0, 0.1) is 5.82 Å². The number of hydrogen-bond acceptors (Lipinski definition) is 5. The van der Waals surface area contributed by atoms with E-state index in [4.69, 9.17) is 4.74 Å². The second-order valence-corrected chi connectivity index (χ2v) is 2.71. The first-order valence-electron chi connectivity index (χ1n) is 4.17. The molecule has 1 aromatic rings. The lowest BCUT2D eigenvalue weighted by Crippen LogP contribution is -2.02. The Labute approximate surface area is 90.5 Å². The van der Waals surface area contributed by atoms with Gasteiger partial charge in [-0.25, -0.2) is 14.0 Å². The van der Waals surface area contributed by atoms with Crippen LogP contribution < -0.4 is 4.74 Å². The van der Waals surface area contributed by atoms with Gasteiger partial charge in [0.05, 0.1) is 19.8 Å². The average molecular weight is 225 g/mol. The van der Waals surface area contributed by atoms with Gasteiger partial charge in [-0.1, -0.05) is 0 Å². The van der Waals surface area contributed by atoms with Gasteiger partial charge in [0.15, 0.2) is 11.6 Å². The number of carbonyl (C=O) groups is 1. The monoisotopic (exact) mass is 225 g/mol. The number of methoxy groups -OCH3 is 2. The van der Waals surface area contributed by atoms with Crippen molar-refractivity contribution in [2.75, 3.05) is 14.2 Å². The van der Waals surface area contributed by atoms with E-state index >= 15 is 0 Å². The van der Waals surface area contributed by atoms with Crippen molar-refractivity contribution in [3.8, 4) is 5.75 Å². The van der Waals surface area contributed by atoms with Crippen LogP contribution in [0.4, 0.5) is 10.1 Å². The number of ether oxygens (including phenoxy) is 2. The average Bonchev–Trinajstić information content (AvgIpc) is 2.28. The number of aliphatic imine (C=N–C) groups is 1. The molecule has 84 valence electrons. The van der Waals surface area contributed by atoms with E-state index in [1.807, 2.05) is 0 Å². The molecule has 6 heteroatoms. The molecule has 0 radical (unpaired) electrons. The van der Waals surface area contributed by atoms with Crippen LogP contribution in [0.1, 0.15) is 10.4 Å². The van der Waals surface area contributed by atoms with Crippen LogP contribution in [0.3, 0.4) is 0 Å². The van der Waals surface area contributed by atoms with Gasteiger partial charge < -0.3 is 9.47 Å². The van der Waals surface area contributed by atoms with Crippen molar-refractivity contribution in [1.82, 2.24) is 0 Å². The van der Waals surface area contributed by atoms with Crippen LogP contribution in [0.2, 0.25) is 0 Å². The quantitative estimate of drug-likeness (QED) is 0.445. The predicted molar refractivity (Wildman–Crippen MR) is 52.1 cm³/mol. The molecule has 0 fully saturated rings. The van der Waals surface area contributed by atoms with Gasteiger partial charge in [0.25, 0.3) is 0 Å². The van der Waals surface area contributed by atoms with E-state index in [2.05, 4.69) is 9.73 Å². The second kappa shape index (κ2) is 5.04. The van der Waals surface area contributed by atoms with Gasteiger partial charge in [-0.3, -0.25) is 0 Å². The summed E-state index contributed by atoms with van der Waals surface area (Å²) in [5.41, 5.74) is -0.173.